The van der Waals surface area contributed by atoms with Gasteiger partial charge in [-0.05, 0) is 42.5 Å². The summed E-state index contributed by atoms with van der Waals surface area (Å²) in [6, 6.07) is 21.2. The first-order valence-electron chi connectivity index (χ1n) is 8.28. The van der Waals surface area contributed by atoms with E-state index in [2.05, 4.69) is 19.1 Å². The highest BCUT2D eigenvalue weighted by atomic mass is 32.4. The van der Waals surface area contributed by atoms with Crippen molar-refractivity contribution in [2.24, 2.45) is 0 Å². The molecule has 0 aromatic heterocycles. The Morgan fingerprint density at radius 1 is 0.760 bits per heavy atom. The van der Waals surface area contributed by atoms with Gasteiger partial charge in [0.25, 0.3) is 0 Å². The zero-order valence-corrected chi connectivity index (χ0v) is 16.4. The number of benzene rings is 3. The minimum atomic E-state index is -2.61. The van der Waals surface area contributed by atoms with Crippen molar-refractivity contribution >= 4 is 34.0 Å². The fourth-order valence-corrected chi connectivity index (χ4v) is 6.96. The second-order valence-electron chi connectivity index (χ2n) is 6.36. The topological polar surface area (TPSA) is 17.1 Å². The Morgan fingerprint density at radius 3 is 1.56 bits per heavy atom. The molecule has 25 heavy (non-hydrogen) atoms. The van der Waals surface area contributed by atoms with Gasteiger partial charge in [-0.25, -0.2) is 0 Å². The standard InChI is InChI=1S/C22H21OPS/c1-16-14-17(2)21(18(3)15-16)22(23)24(25,19-10-6-4-7-11-19)20-12-8-5-9-13-20/h4-15H,1-3H3. The molecule has 0 aliphatic rings. The van der Waals surface area contributed by atoms with Crippen LogP contribution in [-0.4, -0.2) is 5.52 Å². The fourth-order valence-electron chi connectivity index (χ4n) is 3.33. The third-order valence-electron chi connectivity index (χ3n) is 4.42. The third kappa shape index (κ3) is 3.25. The maximum absolute atomic E-state index is 13.8. The number of carbonyl (C=O) groups is 1. The van der Waals surface area contributed by atoms with E-state index in [0.717, 1.165) is 27.3 Å². The molecule has 0 aliphatic heterocycles. The molecule has 3 aromatic carbocycles. The molecule has 0 aliphatic carbocycles. The lowest BCUT2D eigenvalue weighted by Crippen LogP contribution is -2.23. The summed E-state index contributed by atoms with van der Waals surface area (Å²) in [5.41, 5.74) is 4.03. The zero-order chi connectivity index (χ0) is 18.0. The number of carbonyl (C=O) groups excluding carboxylic acids is 1. The highest BCUT2D eigenvalue weighted by Gasteiger charge is 2.33. The lowest BCUT2D eigenvalue weighted by atomic mass is 10.0. The molecule has 0 amide bonds. The summed E-state index contributed by atoms with van der Waals surface area (Å²) in [5, 5.41) is 1.89. The molecular weight excluding hydrogens is 343 g/mol. The maximum Gasteiger partial charge on any atom is 0.202 e. The zero-order valence-electron chi connectivity index (χ0n) is 14.7. The van der Waals surface area contributed by atoms with Crippen molar-refractivity contribution in [3.05, 3.63) is 95.1 Å². The molecular formula is C22H21OPS. The van der Waals surface area contributed by atoms with Crippen LogP contribution in [0.5, 0.6) is 0 Å². The molecule has 0 spiro atoms. The van der Waals surface area contributed by atoms with Crippen molar-refractivity contribution in [2.45, 2.75) is 20.8 Å². The fraction of sp³-hybridized carbons (Fsp3) is 0.136. The summed E-state index contributed by atoms with van der Waals surface area (Å²) < 4.78 is 0. The van der Waals surface area contributed by atoms with E-state index in [0.29, 0.717) is 0 Å². The van der Waals surface area contributed by atoms with Gasteiger partial charge in [0.05, 0.1) is 6.04 Å². The van der Waals surface area contributed by atoms with E-state index in [1.165, 1.54) is 5.56 Å². The number of hydrogen-bond acceptors (Lipinski definition) is 2. The summed E-state index contributed by atoms with van der Waals surface area (Å²) in [6.07, 6.45) is 0. The first-order valence-corrected chi connectivity index (χ1v) is 11.1. The molecule has 3 aromatic rings. The van der Waals surface area contributed by atoms with Gasteiger partial charge in [0.15, 0.2) is 0 Å². The molecule has 3 heteroatoms. The van der Waals surface area contributed by atoms with Crippen LogP contribution in [0.2, 0.25) is 0 Å². The largest absolute Gasteiger partial charge is 0.287 e. The molecule has 1 nitrogen and oxygen atoms in total. The van der Waals surface area contributed by atoms with Crippen LogP contribution in [0.15, 0.2) is 72.8 Å². The second-order valence-corrected chi connectivity index (χ2v) is 10.7. The highest BCUT2D eigenvalue weighted by Crippen LogP contribution is 2.48. The average Bonchev–Trinajstić information content (AvgIpc) is 2.61. The SMILES string of the molecule is Cc1cc(C)c(C(=O)P(=S)(c2ccccc2)c2ccccc2)c(C)c1. The Morgan fingerprint density at radius 2 is 1.16 bits per heavy atom. The van der Waals surface area contributed by atoms with E-state index in [1.807, 2.05) is 74.5 Å². The van der Waals surface area contributed by atoms with Crippen molar-refractivity contribution < 1.29 is 4.79 Å². The van der Waals surface area contributed by atoms with E-state index in [9.17, 15) is 4.79 Å². The Kier molecular flexibility index (Phi) is 5.03. The van der Waals surface area contributed by atoms with Gasteiger partial charge < -0.3 is 0 Å². The molecule has 0 saturated heterocycles. The molecule has 0 saturated carbocycles. The van der Waals surface area contributed by atoms with Gasteiger partial charge >= 0.3 is 0 Å². The van der Waals surface area contributed by atoms with Gasteiger partial charge in [-0.1, -0.05) is 90.2 Å². The number of rotatable bonds is 4. The van der Waals surface area contributed by atoms with Crippen LogP contribution in [0.4, 0.5) is 0 Å². The molecule has 0 atom stereocenters. The first kappa shape index (κ1) is 17.8. The van der Waals surface area contributed by atoms with Crippen molar-refractivity contribution in [2.75, 3.05) is 0 Å². The van der Waals surface area contributed by atoms with Crippen LogP contribution < -0.4 is 10.6 Å². The van der Waals surface area contributed by atoms with E-state index in [1.54, 1.807) is 0 Å². The molecule has 0 fully saturated rings. The van der Waals surface area contributed by atoms with Crippen LogP contribution in [0, 0.1) is 20.8 Å². The number of hydrogen-bond donors (Lipinski definition) is 0. The summed E-state index contributed by atoms with van der Waals surface area (Å²) in [6.45, 7) is 6.06. The monoisotopic (exact) mass is 364 g/mol. The Labute approximate surface area is 154 Å². The smallest absolute Gasteiger partial charge is 0.202 e. The average molecular weight is 364 g/mol. The highest BCUT2D eigenvalue weighted by molar-refractivity contribution is 8.30. The molecule has 0 bridgehead atoms. The normalized spacial score (nSPS) is 11.3. The predicted octanol–water partition coefficient (Wildman–Crippen LogP) is 4.88. The molecule has 0 N–H and O–H groups in total. The summed E-state index contributed by atoms with van der Waals surface area (Å²) in [7, 11) is 0. The summed E-state index contributed by atoms with van der Waals surface area (Å²) in [5.74, 6) is 0. The molecule has 0 unspecified atom stereocenters. The first-order chi connectivity index (χ1) is 11.9. The summed E-state index contributed by atoms with van der Waals surface area (Å²) >= 11 is 6.15. The third-order valence-corrected chi connectivity index (χ3v) is 9.03. The number of aryl methyl sites for hydroxylation is 3. The van der Waals surface area contributed by atoms with Crippen LogP contribution in [0.3, 0.4) is 0 Å². The van der Waals surface area contributed by atoms with Crippen LogP contribution in [0.25, 0.3) is 0 Å². The lowest BCUT2D eigenvalue weighted by molar-refractivity contribution is 0.108. The predicted molar refractivity (Wildman–Crippen MR) is 111 cm³/mol. The minimum absolute atomic E-state index is 0.0786. The van der Waals surface area contributed by atoms with E-state index in [4.69, 9.17) is 11.8 Å². The van der Waals surface area contributed by atoms with E-state index >= 15 is 0 Å². The van der Waals surface area contributed by atoms with Crippen molar-refractivity contribution in [3.8, 4) is 0 Å². The van der Waals surface area contributed by atoms with Crippen LogP contribution >= 0.6 is 6.04 Å². The molecule has 0 radical (unpaired) electrons. The Balaban J connectivity index is 2.27. The molecule has 3 rings (SSSR count). The van der Waals surface area contributed by atoms with Gasteiger partial charge in [-0.2, -0.15) is 0 Å². The molecule has 126 valence electrons. The second kappa shape index (κ2) is 7.07. The van der Waals surface area contributed by atoms with Crippen molar-refractivity contribution in [3.63, 3.8) is 0 Å². The van der Waals surface area contributed by atoms with Gasteiger partial charge in [0.2, 0.25) is 5.52 Å². The maximum atomic E-state index is 13.8. The van der Waals surface area contributed by atoms with Gasteiger partial charge in [-0.15, -0.1) is 0 Å². The van der Waals surface area contributed by atoms with Gasteiger partial charge in [0, 0.05) is 5.56 Å². The van der Waals surface area contributed by atoms with Gasteiger partial charge in [-0.3, -0.25) is 4.79 Å². The minimum Gasteiger partial charge on any atom is -0.287 e. The van der Waals surface area contributed by atoms with E-state index in [-0.39, 0.29) is 5.52 Å². The van der Waals surface area contributed by atoms with Gasteiger partial charge in [0.1, 0.15) is 0 Å². The Bertz CT molecular complexity index is 895. The van der Waals surface area contributed by atoms with Crippen LogP contribution in [0.1, 0.15) is 27.0 Å². The lowest BCUT2D eigenvalue weighted by Gasteiger charge is -2.24. The summed E-state index contributed by atoms with van der Waals surface area (Å²) in [4.78, 5) is 13.8. The Hall–Kier alpha value is -2.02. The van der Waals surface area contributed by atoms with Crippen LogP contribution in [-0.2, 0) is 11.8 Å². The van der Waals surface area contributed by atoms with Crippen molar-refractivity contribution in [1.82, 2.24) is 0 Å². The quantitative estimate of drug-likeness (QED) is 0.614. The van der Waals surface area contributed by atoms with E-state index < -0.39 is 6.04 Å². The van der Waals surface area contributed by atoms with Crippen molar-refractivity contribution in [1.29, 1.82) is 0 Å². The molecule has 0 heterocycles.